The smallest absolute Gasteiger partial charge is 0.382 e. The summed E-state index contributed by atoms with van der Waals surface area (Å²) < 4.78 is 56.9. The van der Waals surface area contributed by atoms with Crippen LogP contribution in [-0.2, 0) is 10.9 Å². The fourth-order valence-electron chi connectivity index (χ4n) is 2.03. The Morgan fingerprint density at radius 2 is 1.95 bits per heavy atom. The van der Waals surface area contributed by atoms with Crippen molar-refractivity contribution in [2.75, 3.05) is 19.8 Å². The average molecular weight is 307 g/mol. The number of hydrogen-bond acceptors (Lipinski definition) is 2. The maximum Gasteiger partial charge on any atom is 0.419 e. The fraction of sp³-hybridized carbons (Fsp3) is 0.600. The molecule has 0 saturated heterocycles. The lowest BCUT2D eigenvalue weighted by molar-refractivity contribution is -0.140. The highest BCUT2D eigenvalue weighted by molar-refractivity contribution is 5.29. The van der Waals surface area contributed by atoms with Crippen molar-refractivity contribution in [1.82, 2.24) is 5.32 Å². The van der Waals surface area contributed by atoms with Crippen LogP contribution in [0.2, 0.25) is 0 Å². The van der Waals surface area contributed by atoms with Crippen LogP contribution in [0.5, 0.6) is 0 Å². The molecule has 0 radical (unpaired) electrons. The summed E-state index contributed by atoms with van der Waals surface area (Å²) in [6.07, 6.45) is -3.29. The summed E-state index contributed by atoms with van der Waals surface area (Å²) in [4.78, 5) is 0. The van der Waals surface area contributed by atoms with E-state index >= 15 is 0 Å². The van der Waals surface area contributed by atoms with Crippen LogP contribution in [-0.4, -0.2) is 19.8 Å². The van der Waals surface area contributed by atoms with Gasteiger partial charge in [-0.15, -0.1) is 0 Å². The molecule has 6 heteroatoms. The van der Waals surface area contributed by atoms with Crippen molar-refractivity contribution in [3.8, 4) is 0 Å². The van der Waals surface area contributed by atoms with Crippen molar-refractivity contribution >= 4 is 0 Å². The topological polar surface area (TPSA) is 21.3 Å². The van der Waals surface area contributed by atoms with Gasteiger partial charge >= 0.3 is 6.18 Å². The van der Waals surface area contributed by atoms with Gasteiger partial charge in [-0.2, -0.15) is 13.2 Å². The highest BCUT2D eigenvalue weighted by atomic mass is 19.4. The predicted octanol–water partition coefficient (Wildman–Crippen LogP) is 4.31. The number of ether oxygens (including phenoxy) is 1. The van der Waals surface area contributed by atoms with E-state index in [9.17, 15) is 17.6 Å². The minimum absolute atomic E-state index is 0.279. The highest BCUT2D eigenvalue weighted by Crippen LogP contribution is 2.33. The van der Waals surface area contributed by atoms with Crippen LogP contribution in [0.15, 0.2) is 18.2 Å². The first-order chi connectivity index (χ1) is 9.90. The summed E-state index contributed by atoms with van der Waals surface area (Å²) in [5.74, 6) is -1.25. The van der Waals surface area contributed by atoms with Gasteiger partial charge < -0.3 is 10.1 Å². The molecule has 0 amide bonds. The number of nitrogens with one attached hydrogen (secondary N) is 1. The largest absolute Gasteiger partial charge is 0.419 e. The van der Waals surface area contributed by atoms with Gasteiger partial charge in [0.05, 0.1) is 5.56 Å². The standard InChI is InChI=1S/C15H21F4NO/c1-3-8-20-14(7-9-21-4-2)11-5-6-13(16)12(10-11)15(17,18)19/h5-6,10,14,20H,3-4,7-9H2,1-2H3. The van der Waals surface area contributed by atoms with Gasteiger partial charge in [0.2, 0.25) is 0 Å². The number of alkyl halides is 3. The molecule has 0 fully saturated rings. The molecule has 21 heavy (non-hydrogen) atoms. The molecule has 0 bridgehead atoms. The molecule has 1 aromatic rings. The molecule has 0 aromatic heterocycles. The molecule has 0 aliphatic rings. The van der Waals surface area contributed by atoms with Crippen LogP contribution in [0.4, 0.5) is 17.6 Å². The third kappa shape index (κ3) is 5.63. The van der Waals surface area contributed by atoms with Crippen molar-refractivity contribution < 1.29 is 22.3 Å². The van der Waals surface area contributed by atoms with Crippen LogP contribution in [0.25, 0.3) is 0 Å². The molecule has 120 valence electrons. The van der Waals surface area contributed by atoms with E-state index < -0.39 is 17.6 Å². The SMILES string of the molecule is CCCNC(CCOCC)c1ccc(F)c(C(F)(F)F)c1. The van der Waals surface area contributed by atoms with Crippen molar-refractivity contribution in [3.63, 3.8) is 0 Å². The van der Waals surface area contributed by atoms with E-state index in [1.54, 1.807) is 0 Å². The molecule has 1 aromatic carbocycles. The van der Waals surface area contributed by atoms with Crippen LogP contribution in [0.1, 0.15) is 43.9 Å². The Hall–Kier alpha value is -1.14. The Morgan fingerprint density at radius 3 is 2.52 bits per heavy atom. The van der Waals surface area contributed by atoms with E-state index in [4.69, 9.17) is 4.74 Å². The summed E-state index contributed by atoms with van der Waals surface area (Å²) in [6.45, 7) is 5.50. The fourth-order valence-corrected chi connectivity index (χ4v) is 2.03. The molecule has 1 atom stereocenters. The Kier molecular flexibility index (Phi) is 7.11. The summed E-state index contributed by atoms with van der Waals surface area (Å²) in [5, 5.41) is 3.17. The third-order valence-corrected chi connectivity index (χ3v) is 3.09. The Balaban J connectivity index is 2.95. The number of benzene rings is 1. The number of rotatable bonds is 8. The average Bonchev–Trinajstić information content (AvgIpc) is 2.42. The molecule has 2 nitrogen and oxygen atoms in total. The van der Waals surface area contributed by atoms with Gasteiger partial charge in [0.25, 0.3) is 0 Å². The first-order valence-electron chi connectivity index (χ1n) is 7.07. The number of hydrogen-bond donors (Lipinski definition) is 1. The first-order valence-corrected chi connectivity index (χ1v) is 7.07. The second-order valence-corrected chi connectivity index (χ2v) is 4.73. The molecule has 0 spiro atoms. The minimum Gasteiger partial charge on any atom is -0.382 e. The summed E-state index contributed by atoms with van der Waals surface area (Å²) in [7, 11) is 0. The maximum absolute atomic E-state index is 13.3. The normalized spacial score (nSPS) is 13.4. The summed E-state index contributed by atoms with van der Waals surface area (Å²) in [6, 6.07) is 2.87. The van der Waals surface area contributed by atoms with Gasteiger partial charge in [-0.25, -0.2) is 4.39 Å². The second kappa shape index (κ2) is 8.34. The predicted molar refractivity (Wildman–Crippen MR) is 73.5 cm³/mol. The Bertz CT molecular complexity index is 434. The summed E-state index contributed by atoms with van der Waals surface area (Å²) >= 11 is 0. The van der Waals surface area contributed by atoms with E-state index in [0.29, 0.717) is 31.7 Å². The lowest BCUT2D eigenvalue weighted by atomic mass is 10.0. The number of halogens is 4. The van der Waals surface area contributed by atoms with E-state index in [0.717, 1.165) is 18.6 Å². The zero-order chi connectivity index (χ0) is 15.9. The molecule has 1 rings (SSSR count). The Labute approximate surface area is 122 Å². The lowest BCUT2D eigenvalue weighted by Gasteiger charge is -2.20. The molecule has 0 aliphatic carbocycles. The molecule has 0 aliphatic heterocycles. The summed E-state index contributed by atoms with van der Waals surface area (Å²) in [5.41, 5.74) is -0.795. The first kappa shape index (κ1) is 17.9. The van der Waals surface area contributed by atoms with Gasteiger partial charge in [0.15, 0.2) is 0 Å². The van der Waals surface area contributed by atoms with Gasteiger partial charge in [0, 0.05) is 19.3 Å². The quantitative estimate of drug-likeness (QED) is 0.571. The van der Waals surface area contributed by atoms with Crippen LogP contribution in [0.3, 0.4) is 0 Å². The highest BCUT2D eigenvalue weighted by Gasteiger charge is 2.34. The van der Waals surface area contributed by atoms with Gasteiger partial charge in [-0.3, -0.25) is 0 Å². The van der Waals surface area contributed by atoms with E-state index in [1.807, 2.05) is 13.8 Å². The molecule has 1 N–H and O–H groups in total. The third-order valence-electron chi connectivity index (χ3n) is 3.09. The Morgan fingerprint density at radius 1 is 1.24 bits per heavy atom. The van der Waals surface area contributed by atoms with Crippen molar-refractivity contribution in [2.45, 2.75) is 38.9 Å². The van der Waals surface area contributed by atoms with E-state index in [2.05, 4.69) is 5.32 Å². The zero-order valence-corrected chi connectivity index (χ0v) is 12.3. The van der Waals surface area contributed by atoms with Crippen LogP contribution >= 0.6 is 0 Å². The van der Waals surface area contributed by atoms with Gasteiger partial charge in [-0.05, 0) is 44.0 Å². The second-order valence-electron chi connectivity index (χ2n) is 4.73. The van der Waals surface area contributed by atoms with E-state index in [1.165, 1.54) is 6.07 Å². The van der Waals surface area contributed by atoms with Crippen LogP contribution in [0, 0.1) is 5.82 Å². The zero-order valence-electron chi connectivity index (χ0n) is 12.3. The lowest BCUT2D eigenvalue weighted by Crippen LogP contribution is -2.24. The molecular formula is C15H21F4NO. The molecule has 0 heterocycles. The van der Waals surface area contributed by atoms with E-state index in [-0.39, 0.29) is 6.04 Å². The van der Waals surface area contributed by atoms with Crippen molar-refractivity contribution in [3.05, 3.63) is 35.1 Å². The van der Waals surface area contributed by atoms with Crippen molar-refractivity contribution in [1.29, 1.82) is 0 Å². The molecule has 1 unspecified atom stereocenters. The van der Waals surface area contributed by atoms with Crippen LogP contribution < -0.4 is 5.32 Å². The maximum atomic E-state index is 13.3. The minimum atomic E-state index is -4.69. The van der Waals surface area contributed by atoms with Gasteiger partial charge in [-0.1, -0.05) is 13.0 Å². The molecule has 0 saturated carbocycles. The monoisotopic (exact) mass is 307 g/mol. The van der Waals surface area contributed by atoms with Gasteiger partial charge in [0.1, 0.15) is 5.82 Å². The molecular weight excluding hydrogens is 286 g/mol. The van der Waals surface area contributed by atoms with Crippen molar-refractivity contribution in [2.24, 2.45) is 0 Å².